The molecule has 1 aliphatic rings. The molecule has 5 heteroatoms. The normalized spacial score (nSPS) is 13.5. The number of anilines is 2. The summed E-state index contributed by atoms with van der Waals surface area (Å²) in [5, 5.41) is 6.08. The Kier molecular flexibility index (Phi) is 4.11. The minimum absolute atomic E-state index is 0.0493. The van der Waals surface area contributed by atoms with Crippen LogP contribution in [-0.4, -0.2) is 11.8 Å². The van der Waals surface area contributed by atoms with Gasteiger partial charge in [-0.15, -0.1) is 0 Å². The Labute approximate surface area is 133 Å². The van der Waals surface area contributed by atoms with Crippen LogP contribution >= 0.6 is 11.6 Å². The molecular formula is C17H15ClN2O2. The molecule has 2 aromatic carbocycles. The lowest BCUT2D eigenvalue weighted by atomic mass is 10.2. The van der Waals surface area contributed by atoms with Gasteiger partial charge >= 0.3 is 0 Å². The maximum Gasteiger partial charge on any atom is 0.255 e. The first-order valence-corrected chi connectivity index (χ1v) is 7.48. The van der Waals surface area contributed by atoms with Gasteiger partial charge in [-0.2, -0.15) is 0 Å². The van der Waals surface area contributed by atoms with E-state index in [2.05, 4.69) is 10.6 Å². The molecular weight excluding hydrogens is 300 g/mol. The highest BCUT2D eigenvalue weighted by atomic mass is 35.5. The fourth-order valence-corrected chi connectivity index (χ4v) is 2.23. The molecule has 0 aromatic heterocycles. The molecule has 0 bridgehead atoms. The SMILES string of the molecule is O=C(Nc1ccccc1Cl)c1ccc(NC(=O)C2CC2)cc1. The van der Waals surface area contributed by atoms with Crippen LogP contribution in [0, 0.1) is 5.92 Å². The number of rotatable bonds is 4. The number of carbonyl (C=O) groups excluding carboxylic acids is 2. The fraction of sp³-hybridized carbons (Fsp3) is 0.176. The van der Waals surface area contributed by atoms with Crippen molar-refractivity contribution in [1.29, 1.82) is 0 Å². The van der Waals surface area contributed by atoms with E-state index in [9.17, 15) is 9.59 Å². The van der Waals surface area contributed by atoms with Gasteiger partial charge in [0.1, 0.15) is 0 Å². The van der Waals surface area contributed by atoms with Crippen LogP contribution in [-0.2, 0) is 4.79 Å². The molecule has 22 heavy (non-hydrogen) atoms. The first-order chi connectivity index (χ1) is 10.6. The van der Waals surface area contributed by atoms with E-state index < -0.39 is 0 Å². The lowest BCUT2D eigenvalue weighted by Crippen LogP contribution is -2.14. The number of carbonyl (C=O) groups is 2. The summed E-state index contributed by atoms with van der Waals surface area (Å²) in [6.45, 7) is 0. The predicted octanol–water partition coefficient (Wildman–Crippen LogP) is 3.94. The van der Waals surface area contributed by atoms with Crippen LogP contribution in [0.4, 0.5) is 11.4 Å². The van der Waals surface area contributed by atoms with E-state index >= 15 is 0 Å². The van der Waals surface area contributed by atoms with Crippen molar-refractivity contribution in [1.82, 2.24) is 0 Å². The molecule has 0 saturated heterocycles. The van der Waals surface area contributed by atoms with Gasteiger partial charge in [-0.1, -0.05) is 23.7 Å². The zero-order valence-corrected chi connectivity index (χ0v) is 12.6. The van der Waals surface area contributed by atoms with Gasteiger partial charge in [0.25, 0.3) is 5.91 Å². The average molecular weight is 315 g/mol. The molecule has 0 radical (unpaired) electrons. The molecule has 0 spiro atoms. The summed E-state index contributed by atoms with van der Waals surface area (Å²) in [6.07, 6.45) is 1.92. The molecule has 2 N–H and O–H groups in total. The second-order valence-electron chi connectivity index (χ2n) is 5.27. The highest BCUT2D eigenvalue weighted by Gasteiger charge is 2.29. The summed E-state index contributed by atoms with van der Waals surface area (Å²) in [5.74, 6) is -0.0374. The molecule has 4 nitrogen and oxygen atoms in total. The van der Waals surface area contributed by atoms with E-state index in [-0.39, 0.29) is 17.7 Å². The van der Waals surface area contributed by atoms with Crippen molar-refractivity contribution in [3.8, 4) is 0 Å². The summed E-state index contributed by atoms with van der Waals surface area (Å²) in [5.41, 5.74) is 1.77. The summed E-state index contributed by atoms with van der Waals surface area (Å²) in [7, 11) is 0. The smallest absolute Gasteiger partial charge is 0.255 e. The predicted molar refractivity (Wildman–Crippen MR) is 87.2 cm³/mol. The minimum Gasteiger partial charge on any atom is -0.326 e. The van der Waals surface area contributed by atoms with Crippen molar-refractivity contribution in [2.24, 2.45) is 5.92 Å². The molecule has 1 aliphatic carbocycles. The summed E-state index contributed by atoms with van der Waals surface area (Å²) in [6, 6.07) is 13.9. The quantitative estimate of drug-likeness (QED) is 0.898. The van der Waals surface area contributed by atoms with Crippen LogP contribution in [0.1, 0.15) is 23.2 Å². The van der Waals surface area contributed by atoms with E-state index in [1.54, 1.807) is 48.5 Å². The lowest BCUT2D eigenvalue weighted by molar-refractivity contribution is -0.117. The van der Waals surface area contributed by atoms with Gasteiger partial charge in [0.2, 0.25) is 5.91 Å². The van der Waals surface area contributed by atoms with Gasteiger partial charge in [0.15, 0.2) is 0 Å². The Bertz CT molecular complexity index is 709. The standard InChI is InChI=1S/C17H15ClN2O2/c18-14-3-1-2-4-15(14)20-17(22)12-7-9-13(10-8-12)19-16(21)11-5-6-11/h1-4,7-11H,5-6H2,(H,19,21)(H,20,22). The zero-order chi connectivity index (χ0) is 15.5. The third kappa shape index (κ3) is 3.46. The molecule has 2 aromatic rings. The van der Waals surface area contributed by atoms with E-state index in [0.717, 1.165) is 12.8 Å². The van der Waals surface area contributed by atoms with Crippen molar-refractivity contribution in [3.63, 3.8) is 0 Å². The number of hydrogen-bond acceptors (Lipinski definition) is 2. The summed E-state index contributed by atoms with van der Waals surface area (Å²) >= 11 is 6.01. The third-order valence-corrected chi connectivity index (χ3v) is 3.81. The van der Waals surface area contributed by atoms with Crippen LogP contribution in [0.5, 0.6) is 0 Å². The van der Waals surface area contributed by atoms with Crippen LogP contribution in [0.3, 0.4) is 0 Å². The van der Waals surface area contributed by atoms with Crippen LogP contribution < -0.4 is 10.6 Å². The summed E-state index contributed by atoms with van der Waals surface area (Å²) in [4.78, 5) is 23.8. The number of hydrogen-bond donors (Lipinski definition) is 2. The second-order valence-corrected chi connectivity index (χ2v) is 5.68. The molecule has 0 unspecified atom stereocenters. The van der Waals surface area contributed by atoms with Gasteiger partial charge < -0.3 is 10.6 Å². The Morgan fingerprint density at radius 1 is 0.955 bits per heavy atom. The van der Waals surface area contributed by atoms with E-state index in [1.165, 1.54) is 0 Å². The molecule has 1 fully saturated rings. The van der Waals surface area contributed by atoms with Crippen LogP contribution in [0.25, 0.3) is 0 Å². The van der Waals surface area contributed by atoms with Crippen molar-refractivity contribution in [2.75, 3.05) is 10.6 Å². The van der Waals surface area contributed by atoms with E-state index in [4.69, 9.17) is 11.6 Å². The third-order valence-electron chi connectivity index (χ3n) is 3.48. The minimum atomic E-state index is -0.242. The Hall–Kier alpha value is -2.33. The Balaban J connectivity index is 1.65. The fourth-order valence-electron chi connectivity index (χ4n) is 2.05. The maximum atomic E-state index is 12.2. The average Bonchev–Trinajstić information content (AvgIpc) is 3.35. The maximum absolute atomic E-state index is 12.2. The van der Waals surface area contributed by atoms with Gasteiger partial charge in [-0.3, -0.25) is 9.59 Å². The number of nitrogens with one attached hydrogen (secondary N) is 2. The van der Waals surface area contributed by atoms with E-state index in [1.807, 2.05) is 0 Å². The largest absolute Gasteiger partial charge is 0.326 e. The molecule has 1 saturated carbocycles. The van der Waals surface area contributed by atoms with Crippen molar-refractivity contribution >= 4 is 34.8 Å². The number of para-hydroxylation sites is 1. The number of amides is 2. The van der Waals surface area contributed by atoms with Crippen LogP contribution in [0.15, 0.2) is 48.5 Å². The van der Waals surface area contributed by atoms with Crippen molar-refractivity contribution in [2.45, 2.75) is 12.8 Å². The molecule has 0 atom stereocenters. The van der Waals surface area contributed by atoms with Gasteiger partial charge in [-0.05, 0) is 49.2 Å². The molecule has 0 heterocycles. The molecule has 0 aliphatic heterocycles. The zero-order valence-electron chi connectivity index (χ0n) is 11.8. The van der Waals surface area contributed by atoms with Gasteiger partial charge in [0.05, 0.1) is 10.7 Å². The number of benzene rings is 2. The van der Waals surface area contributed by atoms with E-state index in [0.29, 0.717) is 22.0 Å². The van der Waals surface area contributed by atoms with Crippen LogP contribution in [0.2, 0.25) is 5.02 Å². The number of halogens is 1. The second kappa shape index (κ2) is 6.20. The van der Waals surface area contributed by atoms with Crippen molar-refractivity contribution < 1.29 is 9.59 Å². The lowest BCUT2D eigenvalue weighted by Gasteiger charge is -2.08. The topological polar surface area (TPSA) is 58.2 Å². The molecule has 2 amide bonds. The van der Waals surface area contributed by atoms with Gasteiger partial charge in [-0.25, -0.2) is 0 Å². The molecule has 112 valence electrons. The first kappa shape index (κ1) is 14.6. The highest BCUT2D eigenvalue weighted by Crippen LogP contribution is 2.30. The van der Waals surface area contributed by atoms with Crippen molar-refractivity contribution in [3.05, 3.63) is 59.1 Å². The Morgan fingerprint density at radius 3 is 2.27 bits per heavy atom. The van der Waals surface area contributed by atoms with Gasteiger partial charge in [0, 0.05) is 17.2 Å². The molecule has 3 rings (SSSR count). The highest BCUT2D eigenvalue weighted by molar-refractivity contribution is 6.33. The monoisotopic (exact) mass is 314 g/mol. The Morgan fingerprint density at radius 2 is 1.64 bits per heavy atom. The first-order valence-electron chi connectivity index (χ1n) is 7.10. The summed E-state index contributed by atoms with van der Waals surface area (Å²) < 4.78 is 0.